The van der Waals surface area contributed by atoms with Crippen LogP contribution in [0.5, 0.6) is 5.75 Å². The zero-order valence-electron chi connectivity index (χ0n) is 22.8. The van der Waals surface area contributed by atoms with Crippen molar-refractivity contribution >= 4 is 35.2 Å². The topological polar surface area (TPSA) is 128 Å². The number of nitrogens with one attached hydrogen (secondary N) is 2. The van der Waals surface area contributed by atoms with E-state index in [1.165, 1.54) is 11.0 Å². The highest BCUT2D eigenvalue weighted by Crippen LogP contribution is 2.31. The second-order valence-corrected chi connectivity index (χ2v) is 10.5. The maximum Gasteiger partial charge on any atom is 0.408 e. The molecule has 38 heavy (non-hydrogen) atoms. The molecule has 0 aromatic heterocycles. The van der Waals surface area contributed by atoms with Gasteiger partial charge in [-0.25, -0.2) is 4.79 Å². The minimum Gasteiger partial charge on any atom is -0.508 e. The van der Waals surface area contributed by atoms with E-state index >= 15 is 0 Å². The molecule has 4 N–H and O–H groups in total. The van der Waals surface area contributed by atoms with Crippen LogP contribution in [0.2, 0.25) is 5.02 Å². The number of carbonyl (C=O) groups is 3. The quantitative estimate of drug-likeness (QED) is 0.336. The van der Waals surface area contributed by atoms with Gasteiger partial charge in [-0.15, -0.1) is 0 Å². The third kappa shape index (κ3) is 8.36. The van der Waals surface area contributed by atoms with Gasteiger partial charge in [-0.05, 0) is 75.9 Å². The van der Waals surface area contributed by atoms with E-state index in [4.69, 9.17) is 16.3 Å². The summed E-state index contributed by atoms with van der Waals surface area (Å²) in [6.07, 6.45) is 0.413. The fourth-order valence-corrected chi connectivity index (χ4v) is 4.10. The van der Waals surface area contributed by atoms with Gasteiger partial charge in [-0.3, -0.25) is 9.59 Å². The van der Waals surface area contributed by atoms with Gasteiger partial charge < -0.3 is 30.5 Å². The number of amides is 3. The number of aliphatic hydroxyl groups excluding tert-OH is 1. The summed E-state index contributed by atoms with van der Waals surface area (Å²) in [5, 5.41) is 25.7. The van der Waals surface area contributed by atoms with Crippen molar-refractivity contribution in [2.45, 2.75) is 72.1 Å². The number of benzene rings is 2. The molecule has 2 unspecified atom stereocenters. The molecule has 0 radical (unpaired) electrons. The molecule has 208 valence electrons. The highest BCUT2D eigenvalue weighted by molar-refractivity contribution is 6.34. The number of ether oxygens (including phenoxy) is 1. The number of nitrogens with zero attached hydrogens (tertiary/aromatic N) is 1. The minimum absolute atomic E-state index is 0.0427. The molecule has 0 aliphatic carbocycles. The van der Waals surface area contributed by atoms with Crippen LogP contribution in [-0.2, 0) is 14.3 Å². The first kappa shape index (κ1) is 30.9. The fourth-order valence-electron chi connectivity index (χ4n) is 3.83. The standard InChI is InChI=1S/C28H38ClN3O6/c1-7-8-14-32(26(36)21(16-33)30-27(37)38-28(4,5)6)24(19-12-13-22(34)18(3)15-19)25(35)31-23-17(2)10-9-11-20(23)29/h9-13,15,21,24,33-34H,7-8,14,16H2,1-6H3,(H,30,37)(H,31,35). The van der Waals surface area contributed by atoms with E-state index in [0.717, 1.165) is 12.0 Å². The van der Waals surface area contributed by atoms with Gasteiger partial charge in [0.05, 0.1) is 17.3 Å². The molecule has 0 fully saturated rings. The van der Waals surface area contributed by atoms with E-state index in [-0.39, 0.29) is 12.3 Å². The van der Waals surface area contributed by atoms with E-state index in [1.54, 1.807) is 65.0 Å². The summed E-state index contributed by atoms with van der Waals surface area (Å²) >= 11 is 6.36. The van der Waals surface area contributed by atoms with Gasteiger partial charge >= 0.3 is 6.09 Å². The summed E-state index contributed by atoms with van der Waals surface area (Å²) in [7, 11) is 0. The molecule has 2 atom stereocenters. The maximum atomic E-state index is 13.8. The number of hydrogen-bond acceptors (Lipinski definition) is 6. The van der Waals surface area contributed by atoms with Gasteiger partial charge in [0.1, 0.15) is 23.4 Å². The number of rotatable bonds is 10. The number of phenolic OH excluding ortho intramolecular Hbond substituents is 1. The van der Waals surface area contributed by atoms with E-state index < -0.39 is 42.2 Å². The lowest BCUT2D eigenvalue weighted by atomic mass is 9.99. The Morgan fingerprint density at radius 3 is 2.34 bits per heavy atom. The molecule has 2 aromatic rings. The van der Waals surface area contributed by atoms with Crippen molar-refractivity contribution in [3.8, 4) is 5.75 Å². The summed E-state index contributed by atoms with van der Waals surface area (Å²) in [6.45, 7) is 9.94. The minimum atomic E-state index is -1.35. The van der Waals surface area contributed by atoms with E-state index in [1.807, 2.05) is 6.92 Å². The maximum absolute atomic E-state index is 13.8. The Morgan fingerprint density at radius 1 is 1.11 bits per heavy atom. The highest BCUT2D eigenvalue weighted by atomic mass is 35.5. The van der Waals surface area contributed by atoms with Crippen LogP contribution >= 0.6 is 11.6 Å². The number of alkyl carbamates (subject to hydrolysis) is 1. The number of aliphatic hydroxyl groups is 1. The highest BCUT2D eigenvalue weighted by Gasteiger charge is 2.36. The van der Waals surface area contributed by atoms with Crippen molar-refractivity contribution in [2.24, 2.45) is 0 Å². The Hall–Kier alpha value is -3.30. The molecule has 2 rings (SSSR count). The van der Waals surface area contributed by atoms with Crippen molar-refractivity contribution in [3.63, 3.8) is 0 Å². The van der Waals surface area contributed by atoms with Crippen LogP contribution in [-0.4, -0.2) is 57.8 Å². The summed E-state index contributed by atoms with van der Waals surface area (Å²) in [5.41, 5.74) is 1.29. The van der Waals surface area contributed by atoms with E-state index in [9.17, 15) is 24.6 Å². The molecular formula is C28H38ClN3O6. The lowest BCUT2D eigenvalue weighted by Crippen LogP contribution is -2.54. The van der Waals surface area contributed by atoms with Crippen LogP contribution in [0.25, 0.3) is 0 Å². The van der Waals surface area contributed by atoms with Crippen molar-refractivity contribution in [1.82, 2.24) is 10.2 Å². The molecule has 0 heterocycles. The van der Waals surface area contributed by atoms with Gasteiger partial charge in [0, 0.05) is 6.54 Å². The van der Waals surface area contributed by atoms with Crippen LogP contribution in [0.15, 0.2) is 36.4 Å². The van der Waals surface area contributed by atoms with Crippen molar-refractivity contribution in [2.75, 3.05) is 18.5 Å². The third-order valence-corrected chi connectivity index (χ3v) is 6.09. The fraction of sp³-hybridized carbons (Fsp3) is 0.464. The van der Waals surface area contributed by atoms with Gasteiger partial charge in [0.25, 0.3) is 5.91 Å². The third-order valence-electron chi connectivity index (χ3n) is 5.77. The number of aryl methyl sites for hydroxylation is 2. The number of para-hydroxylation sites is 1. The monoisotopic (exact) mass is 547 g/mol. The van der Waals surface area contributed by atoms with Crippen molar-refractivity contribution < 1.29 is 29.3 Å². The van der Waals surface area contributed by atoms with E-state index in [0.29, 0.717) is 28.3 Å². The first-order chi connectivity index (χ1) is 17.8. The van der Waals surface area contributed by atoms with Crippen LogP contribution in [0.4, 0.5) is 10.5 Å². The molecule has 2 aromatic carbocycles. The van der Waals surface area contributed by atoms with Gasteiger partial charge in [-0.2, -0.15) is 0 Å². The summed E-state index contributed by atoms with van der Waals surface area (Å²) in [5.74, 6) is -1.15. The molecule has 0 saturated carbocycles. The van der Waals surface area contributed by atoms with Crippen molar-refractivity contribution in [1.29, 1.82) is 0 Å². The molecular weight excluding hydrogens is 510 g/mol. The number of carbonyl (C=O) groups excluding carboxylic acids is 3. The normalized spacial score (nSPS) is 12.8. The largest absolute Gasteiger partial charge is 0.508 e. The Bertz CT molecular complexity index is 1130. The van der Waals surface area contributed by atoms with Crippen LogP contribution in [0.3, 0.4) is 0 Å². The van der Waals surface area contributed by atoms with Gasteiger partial charge in [0.2, 0.25) is 5.91 Å². The second-order valence-electron chi connectivity index (χ2n) is 10.1. The van der Waals surface area contributed by atoms with Gasteiger partial charge in [0.15, 0.2) is 0 Å². The zero-order chi connectivity index (χ0) is 28.6. The summed E-state index contributed by atoms with van der Waals surface area (Å²) in [4.78, 5) is 41.4. The van der Waals surface area contributed by atoms with E-state index in [2.05, 4.69) is 10.6 Å². The number of phenols is 1. The average Bonchev–Trinajstić information content (AvgIpc) is 2.83. The van der Waals surface area contributed by atoms with Gasteiger partial charge in [-0.1, -0.05) is 43.1 Å². The number of anilines is 1. The van der Waals surface area contributed by atoms with Crippen LogP contribution < -0.4 is 10.6 Å². The predicted molar refractivity (Wildman–Crippen MR) is 147 cm³/mol. The first-order valence-electron chi connectivity index (χ1n) is 12.5. The lowest BCUT2D eigenvalue weighted by Gasteiger charge is -2.34. The smallest absolute Gasteiger partial charge is 0.408 e. The Balaban J connectivity index is 2.55. The average molecular weight is 548 g/mol. The molecule has 10 heteroatoms. The molecule has 0 spiro atoms. The molecule has 0 aliphatic heterocycles. The first-order valence-corrected chi connectivity index (χ1v) is 12.9. The zero-order valence-corrected chi connectivity index (χ0v) is 23.6. The molecule has 3 amide bonds. The molecule has 0 saturated heterocycles. The number of hydrogen-bond donors (Lipinski definition) is 4. The van der Waals surface area contributed by atoms with Crippen molar-refractivity contribution in [3.05, 3.63) is 58.1 Å². The summed E-state index contributed by atoms with van der Waals surface area (Å²) < 4.78 is 5.25. The Labute approximate surface area is 229 Å². The Morgan fingerprint density at radius 2 is 1.79 bits per heavy atom. The van der Waals surface area contributed by atoms with Crippen LogP contribution in [0.1, 0.15) is 63.3 Å². The predicted octanol–water partition coefficient (Wildman–Crippen LogP) is 4.86. The lowest BCUT2D eigenvalue weighted by molar-refractivity contribution is -0.141. The molecule has 0 aliphatic rings. The van der Waals surface area contributed by atoms with Crippen LogP contribution in [0, 0.1) is 13.8 Å². The number of halogens is 1. The number of unbranched alkanes of at least 4 members (excludes halogenated alkanes) is 1. The molecule has 0 bridgehead atoms. The molecule has 9 nitrogen and oxygen atoms in total. The SMILES string of the molecule is CCCCN(C(=O)C(CO)NC(=O)OC(C)(C)C)C(C(=O)Nc1c(C)cccc1Cl)c1ccc(O)c(C)c1. The second kappa shape index (κ2) is 13.5. The number of aromatic hydroxyl groups is 1. The Kier molecular flexibility index (Phi) is 11.0. The summed E-state index contributed by atoms with van der Waals surface area (Å²) in [6, 6.07) is 7.35.